The highest BCUT2D eigenvalue weighted by Gasteiger charge is 2.39. The number of rotatable bonds is 5. The molecular weight excluding hydrogens is 192 g/mol. The fourth-order valence-electron chi connectivity index (χ4n) is 2.23. The molecule has 0 amide bonds. The first kappa shape index (κ1) is 12.5. The van der Waals surface area contributed by atoms with E-state index in [-0.39, 0.29) is 5.97 Å². The smallest absolute Gasteiger partial charge is 0.326 e. The van der Waals surface area contributed by atoms with E-state index in [0.29, 0.717) is 0 Å². The Labute approximate surface area is 91.8 Å². The largest absolute Gasteiger partial charge is 0.468 e. The number of carbonyl (C=O) groups excluding carboxylic acids is 1. The summed E-state index contributed by atoms with van der Waals surface area (Å²) in [4.78, 5) is 11.8. The fraction of sp³-hybridized carbons (Fsp3) is 0.909. The van der Waals surface area contributed by atoms with Gasteiger partial charge >= 0.3 is 5.97 Å². The summed E-state index contributed by atoms with van der Waals surface area (Å²) in [5, 5.41) is 6.42. The van der Waals surface area contributed by atoms with E-state index in [1.54, 1.807) is 0 Å². The van der Waals surface area contributed by atoms with Crippen LogP contribution in [0.15, 0.2) is 0 Å². The maximum atomic E-state index is 11.8. The first-order valence-corrected chi connectivity index (χ1v) is 5.73. The average molecular weight is 214 g/mol. The van der Waals surface area contributed by atoms with Crippen LogP contribution in [0.2, 0.25) is 0 Å². The Hall–Kier alpha value is -0.610. The summed E-state index contributed by atoms with van der Waals surface area (Å²) in [5.74, 6) is -0.0988. The molecular formula is C11H22N2O2. The second-order valence-electron chi connectivity index (χ2n) is 4.16. The van der Waals surface area contributed by atoms with Gasteiger partial charge in [0.05, 0.1) is 7.11 Å². The molecule has 4 heteroatoms. The molecule has 0 bridgehead atoms. The van der Waals surface area contributed by atoms with Gasteiger partial charge < -0.3 is 15.4 Å². The van der Waals surface area contributed by atoms with Gasteiger partial charge in [-0.25, -0.2) is 0 Å². The lowest BCUT2D eigenvalue weighted by Gasteiger charge is -2.35. The molecule has 1 aliphatic carbocycles. The first-order valence-electron chi connectivity index (χ1n) is 5.73. The SMILES string of the molecule is CNCCNC1(C(=O)OC)CCCCC1. The van der Waals surface area contributed by atoms with Gasteiger partial charge in [-0.15, -0.1) is 0 Å². The zero-order valence-corrected chi connectivity index (χ0v) is 9.77. The van der Waals surface area contributed by atoms with Crippen LogP contribution in [0.25, 0.3) is 0 Å². The topological polar surface area (TPSA) is 50.4 Å². The zero-order valence-electron chi connectivity index (χ0n) is 9.77. The molecule has 0 aromatic rings. The summed E-state index contributed by atoms with van der Waals surface area (Å²) < 4.78 is 4.90. The van der Waals surface area contributed by atoms with Crippen molar-refractivity contribution >= 4 is 5.97 Å². The highest BCUT2D eigenvalue weighted by Crippen LogP contribution is 2.29. The van der Waals surface area contributed by atoms with Crippen LogP contribution < -0.4 is 10.6 Å². The van der Waals surface area contributed by atoms with E-state index in [0.717, 1.165) is 38.8 Å². The highest BCUT2D eigenvalue weighted by molar-refractivity contribution is 5.80. The first-order chi connectivity index (χ1) is 7.25. The number of carbonyl (C=O) groups is 1. The molecule has 0 aromatic carbocycles. The number of methoxy groups -OCH3 is 1. The Morgan fingerprint density at radius 1 is 1.27 bits per heavy atom. The van der Waals surface area contributed by atoms with Crippen LogP contribution >= 0.6 is 0 Å². The van der Waals surface area contributed by atoms with Crippen LogP contribution in [0.4, 0.5) is 0 Å². The minimum Gasteiger partial charge on any atom is -0.468 e. The number of ether oxygens (including phenoxy) is 1. The quantitative estimate of drug-likeness (QED) is 0.522. The number of hydrogen-bond acceptors (Lipinski definition) is 4. The third-order valence-corrected chi connectivity index (χ3v) is 3.12. The van der Waals surface area contributed by atoms with Crippen molar-refractivity contribution in [3.05, 3.63) is 0 Å². The average Bonchev–Trinajstić information content (AvgIpc) is 2.29. The lowest BCUT2D eigenvalue weighted by atomic mass is 9.81. The van der Waals surface area contributed by atoms with Gasteiger partial charge in [-0.3, -0.25) is 4.79 Å². The van der Waals surface area contributed by atoms with E-state index < -0.39 is 5.54 Å². The van der Waals surface area contributed by atoms with Crippen LogP contribution in [0, 0.1) is 0 Å². The summed E-state index contributed by atoms with van der Waals surface area (Å²) in [5.41, 5.74) is -0.413. The molecule has 4 nitrogen and oxygen atoms in total. The van der Waals surface area contributed by atoms with Crippen molar-refractivity contribution in [1.82, 2.24) is 10.6 Å². The molecule has 0 heterocycles. The van der Waals surface area contributed by atoms with Crippen LogP contribution in [-0.4, -0.2) is 38.8 Å². The van der Waals surface area contributed by atoms with Crippen LogP contribution in [0.1, 0.15) is 32.1 Å². The molecule has 0 saturated heterocycles. The van der Waals surface area contributed by atoms with E-state index in [1.165, 1.54) is 13.5 Å². The number of esters is 1. The molecule has 1 fully saturated rings. The van der Waals surface area contributed by atoms with E-state index in [2.05, 4.69) is 10.6 Å². The van der Waals surface area contributed by atoms with Gasteiger partial charge in [0.2, 0.25) is 0 Å². The summed E-state index contributed by atoms with van der Waals surface area (Å²) in [7, 11) is 3.38. The molecule has 0 aliphatic heterocycles. The normalized spacial score (nSPS) is 19.9. The molecule has 0 spiro atoms. The van der Waals surface area contributed by atoms with Gasteiger partial charge in [0, 0.05) is 13.1 Å². The molecule has 88 valence electrons. The van der Waals surface area contributed by atoms with Crippen LogP contribution in [0.3, 0.4) is 0 Å². The third kappa shape index (κ3) is 3.18. The molecule has 1 rings (SSSR count). The second kappa shape index (κ2) is 6.08. The zero-order chi connectivity index (χ0) is 11.1. The fourth-order valence-corrected chi connectivity index (χ4v) is 2.23. The predicted octanol–water partition coefficient (Wildman–Crippen LogP) is 0.671. The molecule has 0 aromatic heterocycles. The van der Waals surface area contributed by atoms with Crippen molar-refractivity contribution in [2.24, 2.45) is 0 Å². The number of likely N-dealkylation sites (N-methyl/N-ethyl adjacent to an activating group) is 1. The van der Waals surface area contributed by atoms with Crippen molar-refractivity contribution in [2.75, 3.05) is 27.2 Å². The summed E-state index contributed by atoms with van der Waals surface area (Å²) in [6.45, 7) is 1.68. The third-order valence-electron chi connectivity index (χ3n) is 3.12. The van der Waals surface area contributed by atoms with E-state index in [9.17, 15) is 4.79 Å². The maximum absolute atomic E-state index is 11.8. The minimum atomic E-state index is -0.413. The molecule has 0 unspecified atom stereocenters. The Kier molecular flexibility index (Phi) is 5.05. The number of hydrogen-bond donors (Lipinski definition) is 2. The Morgan fingerprint density at radius 2 is 1.93 bits per heavy atom. The van der Waals surface area contributed by atoms with Gasteiger partial charge in [-0.05, 0) is 19.9 Å². The Morgan fingerprint density at radius 3 is 2.47 bits per heavy atom. The minimum absolute atomic E-state index is 0.0988. The molecule has 2 N–H and O–H groups in total. The summed E-state index contributed by atoms with van der Waals surface area (Å²) in [6, 6.07) is 0. The van der Waals surface area contributed by atoms with Crippen LogP contribution in [0.5, 0.6) is 0 Å². The Balaban J connectivity index is 2.54. The molecule has 0 radical (unpaired) electrons. The maximum Gasteiger partial charge on any atom is 0.326 e. The lowest BCUT2D eigenvalue weighted by molar-refractivity contribution is -0.150. The number of nitrogens with one attached hydrogen (secondary N) is 2. The predicted molar refractivity (Wildman–Crippen MR) is 59.8 cm³/mol. The van der Waals surface area contributed by atoms with Crippen molar-refractivity contribution < 1.29 is 9.53 Å². The van der Waals surface area contributed by atoms with Gasteiger partial charge in [0.25, 0.3) is 0 Å². The lowest BCUT2D eigenvalue weighted by Crippen LogP contribution is -2.55. The van der Waals surface area contributed by atoms with Crippen molar-refractivity contribution in [1.29, 1.82) is 0 Å². The highest BCUT2D eigenvalue weighted by atomic mass is 16.5. The molecule has 1 aliphatic rings. The van der Waals surface area contributed by atoms with E-state index in [4.69, 9.17) is 4.74 Å². The van der Waals surface area contributed by atoms with Crippen molar-refractivity contribution in [3.8, 4) is 0 Å². The molecule has 15 heavy (non-hydrogen) atoms. The summed E-state index contributed by atoms with van der Waals surface area (Å²) >= 11 is 0. The Bertz CT molecular complexity index is 201. The van der Waals surface area contributed by atoms with Gasteiger partial charge in [0.15, 0.2) is 0 Å². The van der Waals surface area contributed by atoms with Gasteiger partial charge in [0.1, 0.15) is 5.54 Å². The van der Waals surface area contributed by atoms with Crippen LogP contribution in [-0.2, 0) is 9.53 Å². The van der Waals surface area contributed by atoms with Crippen molar-refractivity contribution in [2.45, 2.75) is 37.6 Å². The van der Waals surface area contributed by atoms with Gasteiger partial charge in [-0.1, -0.05) is 19.3 Å². The molecule has 1 saturated carbocycles. The van der Waals surface area contributed by atoms with E-state index >= 15 is 0 Å². The molecule has 0 atom stereocenters. The second-order valence-corrected chi connectivity index (χ2v) is 4.16. The standard InChI is InChI=1S/C11H22N2O2/c1-12-8-9-13-11(10(14)15-2)6-4-3-5-7-11/h12-13H,3-9H2,1-2H3. The van der Waals surface area contributed by atoms with E-state index in [1.807, 2.05) is 7.05 Å². The summed E-state index contributed by atoms with van der Waals surface area (Å²) in [6.07, 6.45) is 5.27. The van der Waals surface area contributed by atoms with Crippen molar-refractivity contribution in [3.63, 3.8) is 0 Å². The van der Waals surface area contributed by atoms with Gasteiger partial charge in [-0.2, -0.15) is 0 Å². The monoisotopic (exact) mass is 214 g/mol.